The number of anilines is 1. The molecule has 0 aromatic heterocycles. The number of carbonyl (C=O) groups is 1. The van der Waals surface area contributed by atoms with Gasteiger partial charge in [-0.25, -0.2) is 0 Å². The first kappa shape index (κ1) is 14.7. The molecule has 2 unspecified atom stereocenters. The van der Waals surface area contributed by atoms with Crippen LogP contribution in [0, 0.1) is 5.92 Å². The summed E-state index contributed by atoms with van der Waals surface area (Å²) in [6, 6.07) is 5.64. The number of rotatable bonds is 3. The molecule has 0 spiro atoms. The molecular formula is C16H24N2O2. The molecule has 0 radical (unpaired) electrons. The molecule has 1 heterocycles. The Hall–Kier alpha value is -1.71. The molecule has 1 aromatic carbocycles. The zero-order valence-corrected chi connectivity index (χ0v) is 12.6. The first-order valence-electron chi connectivity index (χ1n) is 7.36. The normalized spacial score (nSPS) is 22.6. The minimum Gasteiger partial charge on any atom is -0.493 e. The van der Waals surface area contributed by atoms with Crippen molar-refractivity contribution in [2.45, 2.75) is 39.7 Å². The van der Waals surface area contributed by atoms with Crippen molar-refractivity contribution >= 4 is 11.6 Å². The predicted octanol–water partition coefficient (Wildman–Crippen LogP) is 2.93. The van der Waals surface area contributed by atoms with E-state index in [-0.39, 0.29) is 11.9 Å². The van der Waals surface area contributed by atoms with E-state index in [0.717, 1.165) is 13.0 Å². The Morgan fingerprint density at radius 1 is 1.40 bits per heavy atom. The maximum atomic E-state index is 12.8. The van der Waals surface area contributed by atoms with Gasteiger partial charge in [0.2, 0.25) is 0 Å². The number of amides is 1. The Kier molecular flexibility index (Phi) is 4.53. The smallest absolute Gasteiger partial charge is 0.259 e. The third-order valence-corrected chi connectivity index (χ3v) is 3.95. The summed E-state index contributed by atoms with van der Waals surface area (Å²) in [5.74, 6) is 1.11. The summed E-state index contributed by atoms with van der Waals surface area (Å²) in [7, 11) is 0. The van der Waals surface area contributed by atoms with Crippen LogP contribution in [0.15, 0.2) is 18.2 Å². The topological polar surface area (TPSA) is 55.6 Å². The summed E-state index contributed by atoms with van der Waals surface area (Å²) in [6.45, 7) is 7.51. The minimum atomic E-state index is -0.00870. The third-order valence-electron chi connectivity index (χ3n) is 3.95. The zero-order valence-electron chi connectivity index (χ0n) is 12.6. The van der Waals surface area contributed by atoms with E-state index in [1.165, 1.54) is 6.42 Å². The van der Waals surface area contributed by atoms with Crippen LogP contribution in [0.1, 0.15) is 44.0 Å². The fourth-order valence-electron chi connectivity index (χ4n) is 2.77. The predicted molar refractivity (Wildman–Crippen MR) is 80.9 cm³/mol. The molecular weight excluding hydrogens is 252 g/mol. The van der Waals surface area contributed by atoms with Gasteiger partial charge in [-0.2, -0.15) is 0 Å². The second-order valence-electron chi connectivity index (χ2n) is 5.64. The largest absolute Gasteiger partial charge is 0.493 e. The van der Waals surface area contributed by atoms with Gasteiger partial charge in [0.1, 0.15) is 11.3 Å². The minimum absolute atomic E-state index is 0.00870. The van der Waals surface area contributed by atoms with Crippen LogP contribution in [0.3, 0.4) is 0 Å². The average Bonchev–Trinajstić information content (AvgIpc) is 2.41. The fourth-order valence-corrected chi connectivity index (χ4v) is 2.77. The number of piperidine rings is 1. The lowest BCUT2D eigenvalue weighted by Gasteiger charge is -2.37. The molecule has 2 N–H and O–H groups in total. The number of likely N-dealkylation sites (tertiary alicyclic amines) is 1. The first-order chi connectivity index (χ1) is 9.54. The van der Waals surface area contributed by atoms with Gasteiger partial charge in [0.05, 0.1) is 6.61 Å². The van der Waals surface area contributed by atoms with E-state index in [1.807, 2.05) is 24.0 Å². The number of nitrogens with zero attached hydrogens (tertiary/aromatic N) is 1. The maximum Gasteiger partial charge on any atom is 0.259 e. The summed E-state index contributed by atoms with van der Waals surface area (Å²) in [4.78, 5) is 14.8. The van der Waals surface area contributed by atoms with Crippen LogP contribution in [0.5, 0.6) is 5.75 Å². The first-order valence-corrected chi connectivity index (χ1v) is 7.36. The van der Waals surface area contributed by atoms with Crippen LogP contribution in [0.4, 0.5) is 5.69 Å². The standard InChI is InChI=1S/C16H24N2O2/c1-4-20-14-7-5-6-13(17)15(14)16(19)18-10-11(2)8-9-12(18)3/h5-7,11-12H,4,8-10,17H2,1-3H3. The van der Waals surface area contributed by atoms with E-state index in [9.17, 15) is 4.79 Å². The number of benzene rings is 1. The van der Waals surface area contributed by atoms with Crippen molar-refractivity contribution < 1.29 is 9.53 Å². The zero-order chi connectivity index (χ0) is 14.7. The number of nitrogens with two attached hydrogens (primary N) is 1. The lowest BCUT2D eigenvalue weighted by Crippen LogP contribution is -2.45. The molecule has 2 atom stereocenters. The molecule has 20 heavy (non-hydrogen) atoms. The van der Waals surface area contributed by atoms with Crippen molar-refractivity contribution in [2.24, 2.45) is 5.92 Å². The second kappa shape index (κ2) is 6.16. The molecule has 1 saturated heterocycles. The molecule has 0 bridgehead atoms. The van der Waals surface area contributed by atoms with Gasteiger partial charge in [0.15, 0.2) is 0 Å². The Balaban J connectivity index is 2.32. The number of ether oxygens (including phenoxy) is 1. The quantitative estimate of drug-likeness (QED) is 0.864. The monoisotopic (exact) mass is 276 g/mol. The van der Waals surface area contributed by atoms with Gasteiger partial charge in [-0.15, -0.1) is 0 Å². The van der Waals surface area contributed by atoms with Crippen LogP contribution in [0.2, 0.25) is 0 Å². The van der Waals surface area contributed by atoms with Gasteiger partial charge in [0.25, 0.3) is 5.91 Å². The van der Waals surface area contributed by atoms with Crippen LogP contribution in [-0.4, -0.2) is 30.0 Å². The van der Waals surface area contributed by atoms with Crippen LogP contribution < -0.4 is 10.5 Å². The van der Waals surface area contributed by atoms with E-state index >= 15 is 0 Å². The molecule has 1 fully saturated rings. The number of hydrogen-bond acceptors (Lipinski definition) is 3. The SMILES string of the molecule is CCOc1cccc(N)c1C(=O)N1CC(C)CCC1C. The Morgan fingerprint density at radius 3 is 2.85 bits per heavy atom. The lowest BCUT2D eigenvalue weighted by molar-refractivity contribution is 0.0571. The fraction of sp³-hybridized carbons (Fsp3) is 0.562. The van der Waals surface area contributed by atoms with Gasteiger partial charge >= 0.3 is 0 Å². The second-order valence-corrected chi connectivity index (χ2v) is 5.64. The Bertz CT molecular complexity index is 487. The van der Waals surface area contributed by atoms with Gasteiger partial charge in [-0.1, -0.05) is 13.0 Å². The average molecular weight is 276 g/mol. The molecule has 1 aliphatic rings. The summed E-state index contributed by atoms with van der Waals surface area (Å²) in [5, 5.41) is 0. The highest BCUT2D eigenvalue weighted by Gasteiger charge is 2.30. The van der Waals surface area contributed by atoms with E-state index in [0.29, 0.717) is 29.5 Å². The molecule has 4 nitrogen and oxygen atoms in total. The van der Waals surface area contributed by atoms with Crippen LogP contribution >= 0.6 is 0 Å². The van der Waals surface area contributed by atoms with Gasteiger partial charge in [-0.05, 0) is 44.7 Å². The van der Waals surface area contributed by atoms with Gasteiger partial charge < -0.3 is 15.4 Å². The van der Waals surface area contributed by atoms with E-state index < -0.39 is 0 Å². The van der Waals surface area contributed by atoms with Crippen molar-refractivity contribution in [3.05, 3.63) is 23.8 Å². The van der Waals surface area contributed by atoms with Crippen molar-refractivity contribution in [1.29, 1.82) is 0 Å². The van der Waals surface area contributed by atoms with Crippen molar-refractivity contribution in [1.82, 2.24) is 4.90 Å². The maximum absolute atomic E-state index is 12.8. The summed E-state index contributed by atoms with van der Waals surface area (Å²) >= 11 is 0. The summed E-state index contributed by atoms with van der Waals surface area (Å²) in [5.41, 5.74) is 7.01. The molecule has 0 saturated carbocycles. The molecule has 4 heteroatoms. The van der Waals surface area contributed by atoms with Crippen molar-refractivity contribution in [3.8, 4) is 5.75 Å². The third kappa shape index (κ3) is 2.89. The molecule has 1 amide bonds. The van der Waals surface area contributed by atoms with Crippen LogP contribution in [0.25, 0.3) is 0 Å². The lowest BCUT2D eigenvalue weighted by atomic mass is 9.94. The molecule has 1 aliphatic heterocycles. The van der Waals surface area contributed by atoms with E-state index in [2.05, 4.69) is 13.8 Å². The summed E-state index contributed by atoms with van der Waals surface area (Å²) in [6.07, 6.45) is 2.22. The molecule has 1 aromatic rings. The molecule has 110 valence electrons. The number of hydrogen-bond donors (Lipinski definition) is 1. The van der Waals surface area contributed by atoms with Crippen molar-refractivity contribution in [2.75, 3.05) is 18.9 Å². The van der Waals surface area contributed by atoms with Gasteiger partial charge in [0, 0.05) is 18.3 Å². The van der Waals surface area contributed by atoms with Crippen LogP contribution in [-0.2, 0) is 0 Å². The Morgan fingerprint density at radius 2 is 2.15 bits per heavy atom. The highest BCUT2D eigenvalue weighted by atomic mass is 16.5. The Labute approximate surface area is 120 Å². The highest BCUT2D eigenvalue weighted by Crippen LogP contribution is 2.30. The van der Waals surface area contributed by atoms with E-state index in [4.69, 9.17) is 10.5 Å². The molecule has 0 aliphatic carbocycles. The highest BCUT2D eigenvalue weighted by molar-refractivity contribution is 6.02. The van der Waals surface area contributed by atoms with Crippen molar-refractivity contribution in [3.63, 3.8) is 0 Å². The number of carbonyl (C=O) groups excluding carboxylic acids is 1. The number of nitrogen functional groups attached to an aromatic ring is 1. The summed E-state index contributed by atoms with van der Waals surface area (Å²) < 4.78 is 5.56. The molecule has 2 rings (SSSR count). The van der Waals surface area contributed by atoms with Gasteiger partial charge in [-0.3, -0.25) is 4.79 Å². The van der Waals surface area contributed by atoms with E-state index in [1.54, 1.807) is 6.07 Å².